The second-order valence-corrected chi connectivity index (χ2v) is 4.99. The highest BCUT2D eigenvalue weighted by atomic mass is 16.5. The van der Waals surface area contributed by atoms with Gasteiger partial charge in [0, 0.05) is 30.8 Å². The molecule has 21 heavy (non-hydrogen) atoms. The molecule has 114 valence electrons. The lowest BCUT2D eigenvalue weighted by atomic mass is 10.2. The molecule has 0 aliphatic carbocycles. The summed E-state index contributed by atoms with van der Waals surface area (Å²) in [5.74, 6) is 0.932. The summed E-state index contributed by atoms with van der Waals surface area (Å²) in [6, 6.07) is 9.95. The molecular weight excluding hydrogens is 262 g/mol. The van der Waals surface area contributed by atoms with Crippen LogP contribution in [0.25, 0.3) is 0 Å². The fraction of sp³-hybridized carbons (Fsp3) is 0.471. The summed E-state index contributed by atoms with van der Waals surface area (Å²) in [5.41, 5.74) is 2.64. The molecule has 0 unspecified atom stereocenters. The van der Waals surface area contributed by atoms with Crippen molar-refractivity contribution in [3.05, 3.63) is 47.8 Å². The SMILES string of the molecule is CCNCc1cnn(CCCOc2ccccc2)c1CC. The molecular formula is C17H25N3O. The van der Waals surface area contributed by atoms with Crippen molar-refractivity contribution in [3.8, 4) is 5.75 Å². The van der Waals surface area contributed by atoms with Gasteiger partial charge >= 0.3 is 0 Å². The molecule has 0 aliphatic heterocycles. The van der Waals surface area contributed by atoms with Crippen LogP contribution in [0.5, 0.6) is 5.75 Å². The molecule has 4 heteroatoms. The first-order valence-electron chi connectivity index (χ1n) is 7.77. The maximum atomic E-state index is 5.72. The van der Waals surface area contributed by atoms with Crippen LogP contribution in [0.4, 0.5) is 0 Å². The zero-order valence-corrected chi connectivity index (χ0v) is 13.0. The van der Waals surface area contributed by atoms with Crippen molar-refractivity contribution in [2.24, 2.45) is 0 Å². The lowest BCUT2D eigenvalue weighted by molar-refractivity contribution is 0.297. The normalized spacial score (nSPS) is 10.8. The Morgan fingerprint density at radius 3 is 2.71 bits per heavy atom. The maximum Gasteiger partial charge on any atom is 0.119 e. The predicted octanol–water partition coefficient (Wildman–Crippen LogP) is 3.02. The van der Waals surface area contributed by atoms with Crippen molar-refractivity contribution >= 4 is 0 Å². The van der Waals surface area contributed by atoms with E-state index in [2.05, 4.69) is 28.9 Å². The monoisotopic (exact) mass is 287 g/mol. The molecule has 0 aliphatic rings. The molecule has 0 fully saturated rings. The Morgan fingerprint density at radius 1 is 1.19 bits per heavy atom. The van der Waals surface area contributed by atoms with Crippen LogP contribution >= 0.6 is 0 Å². The fourth-order valence-corrected chi connectivity index (χ4v) is 2.38. The van der Waals surface area contributed by atoms with E-state index in [9.17, 15) is 0 Å². The van der Waals surface area contributed by atoms with Crippen molar-refractivity contribution < 1.29 is 4.74 Å². The largest absolute Gasteiger partial charge is 0.494 e. The number of aryl methyl sites for hydroxylation is 1. The molecule has 0 radical (unpaired) electrons. The van der Waals surface area contributed by atoms with Crippen LogP contribution in [-0.4, -0.2) is 22.9 Å². The van der Waals surface area contributed by atoms with Crippen molar-refractivity contribution in [3.63, 3.8) is 0 Å². The maximum absolute atomic E-state index is 5.72. The number of hydrogen-bond acceptors (Lipinski definition) is 3. The Bertz CT molecular complexity index is 522. The molecule has 0 spiro atoms. The molecule has 0 saturated carbocycles. The minimum absolute atomic E-state index is 0.718. The second kappa shape index (κ2) is 8.47. The zero-order chi connectivity index (χ0) is 14.9. The average Bonchev–Trinajstić information content (AvgIpc) is 2.92. The van der Waals surface area contributed by atoms with Crippen LogP contribution in [0.2, 0.25) is 0 Å². The summed E-state index contributed by atoms with van der Waals surface area (Å²) in [4.78, 5) is 0. The van der Waals surface area contributed by atoms with Crippen LogP contribution in [0.3, 0.4) is 0 Å². The third-order valence-electron chi connectivity index (χ3n) is 3.46. The third-order valence-corrected chi connectivity index (χ3v) is 3.46. The minimum atomic E-state index is 0.718. The number of aromatic nitrogens is 2. The van der Waals surface area contributed by atoms with E-state index < -0.39 is 0 Å². The smallest absolute Gasteiger partial charge is 0.119 e. The number of nitrogens with one attached hydrogen (secondary N) is 1. The van der Waals surface area contributed by atoms with E-state index in [1.807, 2.05) is 36.5 Å². The summed E-state index contributed by atoms with van der Waals surface area (Å²) in [5, 5.41) is 7.87. The van der Waals surface area contributed by atoms with Crippen LogP contribution in [0.15, 0.2) is 36.5 Å². The number of ether oxygens (including phenoxy) is 1. The molecule has 1 heterocycles. The van der Waals surface area contributed by atoms with E-state index in [-0.39, 0.29) is 0 Å². The highest BCUT2D eigenvalue weighted by molar-refractivity contribution is 5.21. The number of hydrogen-bond donors (Lipinski definition) is 1. The van der Waals surface area contributed by atoms with Crippen molar-refractivity contribution in [1.82, 2.24) is 15.1 Å². The summed E-state index contributed by atoms with van der Waals surface area (Å²) >= 11 is 0. The van der Waals surface area contributed by atoms with Gasteiger partial charge in [0.2, 0.25) is 0 Å². The molecule has 1 aromatic carbocycles. The van der Waals surface area contributed by atoms with Gasteiger partial charge in [0.1, 0.15) is 5.75 Å². The van der Waals surface area contributed by atoms with Crippen molar-refractivity contribution in [2.45, 2.75) is 39.8 Å². The topological polar surface area (TPSA) is 39.1 Å². The van der Waals surface area contributed by atoms with Crippen LogP contribution in [-0.2, 0) is 19.5 Å². The highest BCUT2D eigenvalue weighted by Gasteiger charge is 2.08. The van der Waals surface area contributed by atoms with Gasteiger partial charge in [0.25, 0.3) is 0 Å². The van der Waals surface area contributed by atoms with E-state index in [1.54, 1.807) is 0 Å². The predicted molar refractivity (Wildman–Crippen MR) is 85.5 cm³/mol. The molecule has 2 aromatic rings. The standard InChI is InChI=1S/C17H25N3O/c1-3-17-15(13-18-4-2)14-19-20(17)11-8-12-21-16-9-6-5-7-10-16/h5-7,9-10,14,18H,3-4,8,11-13H2,1-2H3. The first-order valence-corrected chi connectivity index (χ1v) is 7.77. The fourth-order valence-electron chi connectivity index (χ4n) is 2.38. The van der Waals surface area contributed by atoms with Crippen LogP contribution in [0.1, 0.15) is 31.5 Å². The Kier molecular flexibility index (Phi) is 6.28. The highest BCUT2D eigenvalue weighted by Crippen LogP contribution is 2.11. The van der Waals surface area contributed by atoms with Gasteiger partial charge in [-0.25, -0.2) is 0 Å². The Hall–Kier alpha value is -1.81. The summed E-state index contributed by atoms with van der Waals surface area (Å²) in [6.07, 6.45) is 3.96. The lowest BCUT2D eigenvalue weighted by Crippen LogP contribution is -2.14. The Balaban J connectivity index is 1.81. The lowest BCUT2D eigenvalue weighted by Gasteiger charge is -2.09. The van der Waals surface area contributed by atoms with Gasteiger partial charge in [0.15, 0.2) is 0 Å². The van der Waals surface area contributed by atoms with Gasteiger partial charge in [0.05, 0.1) is 12.8 Å². The zero-order valence-electron chi connectivity index (χ0n) is 13.0. The van der Waals surface area contributed by atoms with Gasteiger partial charge < -0.3 is 10.1 Å². The molecule has 2 rings (SSSR count). The summed E-state index contributed by atoms with van der Waals surface area (Å²) in [6.45, 7) is 7.82. The molecule has 0 bridgehead atoms. The summed E-state index contributed by atoms with van der Waals surface area (Å²) in [7, 11) is 0. The van der Waals surface area contributed by atoms with E-state index >= 15 is 0 Å². The average molecular weight is 287 g/mol. The number of benzene rings is 1. The molecule has 0 amide bonds. The number of para-hydroxylation sites is 1. The Morgan fingerprint density at radius 2 is 2.00 bits per heavy atom. The Labute approximate surface area is 127 Å². The molecule has 4 nitrogen and oxygen atoms in total. The van der Waals surface area contributed by atoms with E-state index in [0.717, 1.165) is 44.8 Å². The summed E-state index contributed by atoms with van der Waals surface area (Å²) < 4.78 is 7.83. The van der Waals surface area contributed by atoms with Gasteiger partial charge in [-0.1, -0.05) is 32.0 Å². The van der Waals surface area contributed by atoms with E-state index in [1.165, 1.54) is 11.3 Å². The van der Waals surface area contributed by atoms with Crippen LogP contribution < -0.4 is 10.1 Å². The van der Waals surface area contributed by atoms with Crippen LogP contribution in [0, 0.1) is 0 Å². The van der Waals surface area contributed by atoms with Gasteiger partial charge in [-0.3, -0.25) is 4.68 Å². The molecule has 1 aromatic heterocycles. The van der Waals surface area contributed by atoms with Crippen molar-refractivity contribution in [2.75, 3.05) is 13.2 Å². The van der Waals surface area contributed by atoms with Crippen molar-refractivity contribution in [1.29, 1.82) is 0 Å². The van der Waals surface area contributed by atoms with Gasteiger partial charge in [-0.2, -0.15) is 5.10 Å². The third kappa shape index (κ3) is 4.60. The van der Waals surface area contributed by atoms with E-state index in [0.29, 0.717) is 0 Å². The minimum Gasteiger partial charge on any atom is -0.494 e. The first kappa shape index (κ1) is 15.6. The first-order chi connectivity index (χ1) is 10.3. The molecule has 0 atom stereocenters. The molecule has 1 N–H and O–H groups in total. The number of nitrogens with zero attached hydrogens (tertiary/aromatic N) is 2. The molecule has 0 saturated heterocycles. The second-order valence-electron chi connectivity index (χ2n) is 4.99. The van der Waals surface area contributed by atoms with Gasteiger partial charge in [-0.05, 0) is 25.1 Å². The van der Waals surface area contributed by atoms with E-state index in [4.69, 9.17) is 4.74 Å². The number of rotatable bonds is 9. The van der Waals surface area contributed by atoms with Gasteiger partial charge in [-0.15, -0.1) is 0 Å². The quantitative estimate of drug-likeness (QED) is 0.721.